The Morgan fingerprint density at radius 3 is 2.67 bits per heavy atom. The van der Waals surface area contributed by atoms with Crippen LogP contribution in [0.15, 0.2) is 17.5 Å². The van der Waals surface area contributed by atoms with E-state index in [1.807, 2.05) is 24.4 Å². The minimum atomic E-state index is -1.28. The molecule has 0 saturated heterocycles. The van der Waals surface area contributed by atoms with Crippen LogP contribution in [-0.2, 0) is 11.2 Å². The highest BCUT2D eigenvalue weighted by atomic mass is 32.1. The van der Waals surface area contributed by atoms with Gasteiger partial charge < -0.3 is 20.8 Å². The standard InChI is InChI=1S/C11H16N2O4S/c1-7(5-8-3-2-4-18-8)12-11(17)13-9(6-14)10(15)16/h2-4,7,9,14H,5-6H2,1H3,(H,15,16)(H2,12,13,17)/t7?,9-/m0/s1. The van der Waals surface area contributed by atoms with Gasteiger partial charge in [0.05, 0.1) is 6.61 Å². The maximum Gasteiger partial charge on any atom is 0.328 e. The Balaban J connectivity index is 2.37. The minimum absolute atomic E-state index is 0.114. The molecule has 2 amide bonds. The molecule has 0 radical (unpaired) electrons. The van der Waals surface area contributed by atoms with Crippen molar-refractivity contribution in [2.45, 2.75) is 25.4 Å². The Morgan fingerprint density at radius 2 is 2.17 bits per heavy atom. The van der Waals surface area contributed by atoms with E-state index in [1.165, 1.54) is 0 Å². The van der Waals surface area contributed by atoms with Crippen molar-refractivity contribution in [1.29, 1.82) is 0 Å². The molecule has 0 bridgehead atoms. The summed E-state index contributed by atoms with van der Waals surface area (Å²) in [6, 6.07) is 1.91. The number of aliphatic hydroxyl groups is 1. The molecule has 1 unspecified atom stereocenters. The largest absolute Gasteiger partial charge is 0.480 e. The molecule has 1 aromatic rings. The second kappa shape index (κ2) is 6.97. The number of aliphatic hydroxyl groups excluding tert-OH is 1. The molecule has 1 aromatic heterocycles. The first-order chi connectivity index (χ1) is 8.52. The maximum atomic E-state index is 11.5. The first-order valence-electron chi connectivity index (χ1n) is 5.46. The van der Waals surface area contributed by atoms with Crippen molar-refractivity contribution in [2.75, 3.05) is 6.61 Å². The number of carbonyl (C=O) groups is 2. The molecule has 0 fully saturated rings. The Morgan fingerprint density at radius 1 is 1.44 bits per heavy atom. The molecule has 1 heterocycles. The lowest BCUT2D eigenvalue weighted by Gasteiger charge is -2.16. The van der Waals surface area contributed by atoms with Gasteiger partial charge in [-0.05, 0) is 18.4 Å². The number of nitrogens with one attached hydrogen (secondary N) is 2. The summed E-state index contributed by atoms with van der Waals surface area (Å²) >= 11 is 1.60. The number of rotatable bonds is 6. The van der Waals surface area contributed by atoms with Crippen LogP contribution in [0.1, 0.15) is 11.8 Å². The minimum Gasteiger partial charge on any atom is -0.480 e. The molecule has 18 heavy (non-hydrogen) atoms. The SMILES string of the molecule is CC(Cc1cccs1)NC(=O)N[C@@H](CO)C(=O)O. The van der Waals surface area contributed by atoms with E-state index in [1.54, 1.807) is 11.3 Å². The van der Waals surface area contributed by atoms with Gasteiger partial charge in [-0.1, -0.05) is 6.07 Å². The van der Waals surface area contributed by atoms with Gasteiger partial charge in [-0.25, -0.2) is 9.59 Å². The van der Waals surface area contributed by atoms with Crippen molar-refractivity contribution in [1.82, 2.24) is 10.6 Å². The predicted octanol–water partition coefficient (Wildman–Crippen LogP) is 0.424. The van der Waals surface area contributed by atoms with Gasteiger partial charge in [-0.15, -0.1) is 11.3 Å². The average Bonchev–Trinajstić information content (AvgIpc) is 2.77. The highest BCUT2D eigenvalue weighted by molar-refractivity contribution is 7.09. The highest BCUT2D eigenvalue weighted by Crippen LogP contribution is 2.10. The number of carboxylic acid groups (broad SMARTS) is 1. The third kappa shape index (κ3) is 4.72. The van der Waals surface area contributed by atoms with Crippen LogP contribution < -0.4 is 10.6 Å². The molecule has 1 rings (SSSR count). The van der Waals surface area contributed by atoms with Crippen molar-refractivity contribution >= 4 is 23.3 Å². The fourth-order valence-corrected chi connectivity index (χ4v) is 2.23. The number of carbonyl (C=O) groups excluding carboxylic acids is 1. The summed E-state index contributed by atoms with van der Waals surface area (Å²) in [4.78, 5) is 23.2. The van der Waals surface area contributed by atoms with Gasteiger partial charge in [-0.3, -0.25) is 0 Å². The second-order valence-corrected chi connectivity index (χ2v) is 4.91. The zero-order valence-electron chi connectivity index (χ0n) is 9.92. The predicted molar refractivity (Wildman–Crippen MR) is 67.7 cm³/mol. The first-order valence-corrected chi connectivity index (χ1v) is 6.34. The Bertz CT molecular complexity index is 394. The summed E-state index contributed by atoms with van der Waals surface area (Å²) in [6.07, 6.45) is 0.682. The molecule has 0 aromatic carbocycles. The smallest absolute Gasteiger partial charge is 0.328 e. The van der Waals surface area contributed by atoms with Gasteiger partial charge in [0.15, 0.2) is 6.04 Å². The van der Waals surface area contributed by atoms with Crippen LogP contribution in [0.4, 0.5) is 4.79 Å². The molecule has 7 heteroatoms. The number of aliphatic carboxylic acids is 1. The van der Waals surface area contributed by atoms with E-state index < -0.39 is 24.6 Å². The summed E-state index contributed by atoms with van der Waals surface area (Å²) in [6.45, 7) is 1.19. The zero-order valence-corrected chi connectivity index (χ0v) is 10.7. The van der Waals surface area contributed by atoms with Crippen molar-refractivity contribution in [3.63, 3.8) is 0 Å². The van der Waals surface area contributed by atoms with Crippen LogP contribution in [0.5, 0.6) is 0 Å². The van der Waals surface area contributed by atoms with Crippen LogP contribution in [-0.4, -0.2) is 40.9 Å². The molecule has 100 valence electrons. The summed E-state index contributed by atoms with van der Waals surface area (Å²) in [5.74, 6) is -1.27. The van der Waals surface area contributed by atoms with E-state index in [4.69, 9.17) is 10.2 Å². The first kappa shape index (κ1) is 14.5. The second-order valence-electron chi connectivity index (χ2n) is 3.88. The van der Waals surface area contributed by atoms with Crippen LogP contribution >= 0.6 is 11.3 Å². The molecule has 4 N–H and O–H groups in total. The molecule has 0 aliphatic heterocycles. The van der Waals surface area contributed by atoms with E-state index in [9.17, 15) is 9.59 Å². The number of amides is 2. The van der Waals surface area contributed by atoms with Crippen molar-refractivity contribution in [3.8, 4) is 0 Å². The van der Waals surface area contributed by atoms with Gasteiger partial charge in [0, 0.05) is 17.3 Å². The lowest BCUT2D eigenvalue weighted by atomic mass is 10.2. The van der Waals surface area contributed by atoms with Gasteiger partial charge in [-0.2, -0.15) is 0 Å². The zero-order chi connectivity index (χ0) is 13.5. The van der Waals surface area contributed by atoms with Gasteiger partial charge in [0.2, 0.25) is 0 Å². The fraction of sp³-hybridized carbons (Fsp3) is 0.455. The van der Waals surface area contributed by atoms with Crippen molar-refractivity contribution in [2.24, 2.45) is 0 Å². The summed E-state index contributed by atoms with van der Waals surface area (Å²) < 4.78 is 0. The molecule has 6 nitrogen and oxygen atoms in total. The topological polar surface area (TPSA) is 98.7 Å². The van der Waals surface area contributed by atoms with E-state index in [-0.39, 0.29) is 6.04 Å². The van der Waals surface area contributed by atoms with Crippen LogP contribution in [0.3, 0.4) is 0 Å². The molecule has 0 spiro atoms. The summed E-state index contributed by atoms with van der Waals surface area (Å²) in [5.41, 5.74) is 0. The van der Waals surface area contributed by atoms with E-state index in [0.29, 0.717) is 6.42 Å². The third-order valence-corrected chi connectivity index (χ3v) is 3.15. The van der Waals surface area contributed by atoms with Crippen LogP contribution in [0.2, 0.25) is 0 Å². The third-order valence-electron chi connectivity index (χ3n) is 2.25. The number of hydrogen-bond acceptors (Lipinski definition) is 4. The van der Waals surface area contributed by atoms with Crippen LogP contribution in [0, 0.1) is 0 Å². The molecular formula is C11H16N2O4S. The van der Waals surface area contributed by atoms with E-state index in [2.05, 4.69) is 10.6 Å². The van der Waals surface area contributed by atoms with Gasteiger partial charge >= 0.3 is 12.0 Å². The summed E-state index contributed by atoms with van der Waals surface area (Å²) in [5, 5.41) is 24.2. The maximum absolute atomic E-state index is 11.5. The lowest BCUT2D eigenvalue weighted by Crippen LogP contribution is -2.50. The molecule has 2 atom stereocenters. The summed E-state index contributed by atoms with van der Waals surface area (Å²) in [7, 11) is 0. The highest BCUT2D eigenvalue weighted by Gasteiger charge is 2.19. The van der Waals surface area contributed by atoms with E-state index in [0.717, 1.165) is 4.88 Å². The van der Waals surface area contributed by atoms with Crippen LogP contribution in [0.25, 0.3) is 0 Å². The Kier molecular flexibility index (Phi) is 5.60. The van der Waals surface area contributed by atoms with E-state index >= 15 is 0 Å². The fourth-order valence-electron chi connectivity index (χ4n) is 1.39. The monoisotopic (exact) mass is 272 g/mol. The number of carboxylic acids is 1. The molecule has 0 saturated carbocycles. The normalized spacial score (nSPS) is 13.7. The molecular weight excluding hydrogens is 256 g/mol. The lowest BCUT2D eigenvalue weighted by molar-refractivity contribution is -0.140. The Hall–Kier alpha value is -1.60. The number of thiophene rings is 1. The molecule has 0 aliphatic carbocycles. The molecule has 0 aliphatic rings. The van der Waals surface area contributed by atoms with Crippen molar-refractivity contribution < 1.29 is 19.8 Å². The van der Waals surface area contributed by atoms with Crippen molar-refractivity contribution in [3.05, 3.63) is 22.4 Å². The number of urea groups is 1. The average molecular weight is 272 g/mol. The quantitative estimate of drug-likeness (QED) is 0.603. The number of hydrogen-bond donors (Lipinski definition) is 4. The Labute approximate surface area is 109 Å². The van der Waals surface area contributed by atoms with Gasteiger partial charge in [0.25, 0.3) is 0 Å². The van der Waals surface area contributed by atoms with Gasteiger partial charge in [0.1, 0.15) is 0 Å².